The molecule has 0 spiro atoms. The average Bonchev–Trinajstić information content (AvgIpc) is 2.78. The number of hydrogen-bond acceptors (Lipinski definition) is 6. The van der Waals surface area contributed by atoms with E-state index in [9.17, 15) is 14.4 Å². The molecule has 0 saturated carbocycles. The van der Waals surface area contributed by atoms with Crippen LogP contribution in [0, 0.1) is 0 Å². The molecule has 152 valence electrons. The second kappa shape index (κ2) is 9.09. The molecule has 1 aliphatic heterocycles. The largest absolute Gasteiger partial charge is 0.497 e. The first-order chi connectivity index (χ1) is 14.0. The van der Waals surface area contributed by atoms with Crippen molar-refractivity contribution in [2.75, 3.05) is 50.6 Å². The first-order valence-electron chi connectivity index (χ1n) is 9.19. The number of rotatable bonds is 4. The normalized spacial score (nSPS) is 13.6. The third kappa shape index (κ3) is 4.84. The summed E-state index contributed by atoms with van der Waals surface area (Å²) in [6, 6.07) is 14.0. The summed E-state index contributed by atoms with van der Waals surface area (Å²) in [7, 11) is 2.90. The average molecular weight is 397 g/mol. The Bertz CT molecular complexity index is 889. The van der Waals surface area contributed by atoms with Crippen molar-refractivity contribution < 1.29 is 23.9 Å². The van der Waals surface area contributed by atoms with Crippen molar-refractivity contribution >= 4 is 29.2 Å². The van der Waals surface area contributed by atoms with Crippen LogP contribution in [0.15, 0.2) is 48.5 Å². The molecule has 0 aromatic heterocycles. The number of amides is 2. The highest BCUT2D eigenvalue weighted by Gasteiger charge is 2.26. The molecule has 29 heavy (non-hydrogen) atoms. The molecule has 8 nitrogen and oxygen atoms in total. The van der Waals surface area contributed by atoms with Crippen molar-refractivity contribution in [3.05, 3.63) is 54.1 Å². The highest BCUT2D eigenvalue weighted by molar-refractivity contribution is 6.39. The van der Waals surface area contributed by atoms with Crippen molar-refractivity contribution in [3.8, 4) is 5.75 Å². The summed E-state index contributed by atoms with van der Waals surface area (Å²) in [5.41, 5.74) is 1.70. The summed E-state index contributed by atoms with van der Waals surface area (Å²) in [4.78, 5) is 40.1. The summed E-state index contributed by atoms with van der Waals surface area (Å²) in [6.45, 7) is 2.15. The molecule has 0 aliphatic carbocycles. The number of benzene rings is 2. The molecule has 1 saturated heterocycles. The Morgan fingerprint density at radius 3 is 2.24 bits per heavy atom. The number of hydrogen-bond donors (Lipinski definition) is 1. The number of nitrogens with one attached hydrogen (secondary N) is 1. The van der Waals surface area contributed by atoms with E-state index < -0.39 is 17.8 Å². The lowest BCUT2D eigenvalue weighted by atomic mass is 10.2. The van der Waals surface area contributed by atoms with Gasteiger partial charge in [0.05, 0.1) is 19.8 Å². The van der Waals surface area contributed by atoms with Crippen LogP contribution in [0.4, 0.5) is 11.4 Å². The lowest BCUT2D eigenvalue weighted by Crippen LogP contribution is -2.51. The van der Waals surface area contributed by atoms with E-state index in [2.05, 4.69) is 15.0 Å². The third-order valence-corrected chi connectivity index (χ3v) is 4.74. The van der Waals surface area contributed by atoms with E-state index in [0.717, 1.165) is 11.4 Å². The Kier molecular flexibility index (Phi) is 6.33. The minimum absolute atomic E-state index is 0.297. The van der Waals surface area contributed by atoms with Crippen LogP contribution < -0.4 is 15.0 Å². The molecule has 3 rings (SSSR count). The fourth-order valence-electron chi connectivity index (χ4n) is 3.13. The molecule has 2 amide bonds. The Morgan fingerprint density at radius 1 is 0.931 bits per heavy atom. The van der Waals surface area contributed by atoms with Crippen LogP contribution in [0.3, 0.4) is 0 Å². The van der Waals surface area contributed by atoms with Gasteiger partial charge in [-0.25, -0.2) is 4.79 Å². The number of anilines is 2. The number of carbonyl (C=O) groups excluding carboxylic acids is 3. The van der Waals surface area contributed by atoms with E-state index >= 15 is 0 Å². The predicted molar refractivity (Wildman–Crippen MR) is 108 cm³/mol. The van der Waals surface area contributed by atoms with Crippen LogP contribution in [0.5, 0.6) is 5.75 Å². The molecule has 1 fully saturated rings. The Labute approximate surface area is 169 Å². The van der Waals surface area contributed by atoms with Gasteiger partial charge in [0.2, 0.25) is 0 Å². The maximum Gasteiger partial charge on any atom is 0.337 e. The number of methoxy groups -OCH3 is 2. The zero-order valence-corrected chi connectivity index (χ0v) is 16.4. The fraction of sp³-hybridized carbons (Fsp3) is 0.286. The molecule has 0 radical (unpaired) electrons. The number of esters is 1. The highest BCUT2D eigenvalue weighted by atomic mass is 16.5. The van der Waals surface area contributed by atoms with Crippen LogP contribution in [0.1, 0.15) is 10.4 Å². The van der Waals surface area contributed by atoms with Crippen molar-refractivity contribution in [2.45, 2.75) is 0 Å². The summed E-state index contributed by atoms with van der Waals surface area (Å²) in [6.07, 6.45) is 0. The fourth-order valence-corrected chi connectivity index (χ4v) is 3.13. The number of piperazine rings is 1. The monoisotopic (exact) mass is 397 g/mol. The van der Waals surface area contributed by atoms with E-state index in [0.29, 0.717) is 37.4 Å². The molecule has 2 aromatic carbocycles. The van der Waals surface area contributed by atoms with Crippen LogP contribution in [0.2, 0.25) is 0 Å². The topological polar surface area (TPSA) is 88.2 Å². The van der Waals surface area contributed by atoms with Crippen LogP contribution in [0.25, 0.3) is 0 Å². The highest BCUT2D eigenvalue weighted by Crippen LogP contribution is 2.20. The minimum atomic E-state index is -0.732. The van der Waals surface area contributed by atoms with Gasteiger partial charge in [0.15, 0.2) is 0 Å². The van der Waals surface area contributed by atoms with Gasteiger partial charge in [0.25, 0.3) is 0 Å². The smallest absolute Gasteiger partial charge is 0.337 e. The van der Waals surface area contributed by atoms with Gasteiger partial charge in [-0.3, -0.25) is 9.59 Å². The van der Waals surface area contributed by atoms with Gasteiger partial charge in [-0.2, -0.15) is 0 Å². The molecule has 8 heteroatoms. The van der Waals surface area contributed by atoms with Crippen LogP contribution in [-0.4, -0.2) is 63.1 Å². The van der Waals surface area contributed by atoms with Crippen molar-refractivity contribution in [3.63, 3.8) is 0 Å². The molecule has 0 atom stereocenters. The third-order valence-electron chi connectivity index (χ3n) is 4.74. The van der Waals surface area contributed by atoms with Crippen molar-refractivity contribution in [2.24, 2.45) is 0 Å². The number of ether oxygens (including phenoxy) is 2. The predicted octanol–water partition coefficient (Wildman–Crippen LogP) is 1.77. The Morgan fingerprint density at radius 2 is 1.62 bits per heavy atom. The Balaban J connectivity index is 1.56. The maximum absolute atomic E-state index is 12.5. The van der Waals surface area contributed by atoms with Gasteiger partial charge in [-0.05, 0) is 42.5 Å². The molecule has 2 aromatic rings. The lowest BCUT2D eigenvalue weighted by Gasteiger charge is -2.35. The van der Waals surface area contributed by atoms with Gasteiger partial charge in [-0.1, -0.05) is 6.07 Å². The van der Waals surface area contributed by atoms with Gasteiger partial charge < -0.3 is 24.6 Å². The van der Waals surface area contributed by atoms with E-state index in [1.54, 1.807) is 25.3 Å². The summed E-state index contributed by atoms with van der Waals surface area (Å²) < 4.78 is 9.83. The second-order valence-corrected chi connectivity index (χ2v) is 6.50. The van der Waals surface area contributed by atoms with Crippen molar-refractivity contribution in [1.29, 1.82) is 0 Å². The van der Waals surface area contributed by atoms with E-state index in [1.165, 1.54) is 18.1 Å². The van der Waals surface area contributed by atoms with Crippen molar-refractivity contribution in [1.82, 2.24) is 4.90 Å². The number of carbonyl (C=O) groups is 3. The van der Waals surface area contributed by atoms with Gasteiger partial charge in [-0.15, -0.1) is 0 Å². The molecule has 1 N–H and O–H groups in total. The molecular weight excluding hydrogens is 374 g/mol. The first kappa shape index (κ1) is 20.2. The van der Waals surface area contributed by atoms with Gasteiger partial charge in [0, 0.05) is 37.6 Å². The van der Waals surface area contributed by atoms with Gasteiger partial charge >= 0.3 is 17.8 Å². The Hall–Kier alpha value is -3.55. The summed E-state index contributed by atoms with van der Waals surface area (Å²) >= 11 is 0. The molecule has 1 heterocycles. The molecule has 0 unspecified atom stereocenters. The zero-order chi connectivity index (χ0) is 20.8. The molecular formula is C21H23N3O5. The molecule has 1 aliphatic rings. The van der Waals surface area contributed by atoms with E-state index in [1.807, 2.05) is 24.3 Å². The molecule has 0 bridgehead atoms. The number of nitrogens with zero attached hydrogens (tertiary/aromatic N) is 2. The van der Waals surface area contributed by atoms with Gasteiger partial charge in [0.1, 0.15) is 5.75 Å². The zero-order valence-electron chi connectivity index (χ0n) is 16.4. The quantitative estimate of drug-likeness (QED) is 0.625. The lowest BCUT2D eigenvalue weighted by molar-refractivity contribution is -0.143. The van der Waals surface area contributed by atoms with Crippen LogP contribution >= 0.6 is 0 Å². The van der Waals surface area contributed by atoms with E-state index in [4.69, 9.17) is 4.74 Å². The first-order valence-corrected chi connectivity index (χ1v) is 9.19. The summed E-state index contributed by atoms with van der Waals surface area (Å²) in [5.74, 6) is -1.05. The van der Waals surface area contributed by atoms with E-state index in [-0.39, 0.29) is 0 Å². The SMILES string of the molecule is COC(=O)c1cccc(NC(=O)C(=O)N2CCN(c3ccc(OC)cc3)CC2)c1. The maximum atomic E-state index is 12.5. The van der Waals surface area contributed by atoms with Crippen LogP contribution in [-0.2, 0) is 14.3 Å². The second-order valence-electron chi connectivity index (χ2n) is 6.50. The standard InChI is InChI=1S/C21H23N3O5/c1-28-18-8-6-17(7-9-18)23-10-12-24(13-11-23)20(26)19(25)22-16-5-3-4-15(14-16)21(27)29-2/h3-9,14H,10-13H2,1-2H3,(H,22,25). The minimum Gasteiger partial charge on any atom is -0.497 e. The summed E-state index contributed by atoms with van der Waals surface area (Å²) in [5, 5.41) is 2.55.